The van der Waals surface area contributed by atoms with Crippen LogP contribution in [0, 0.1) is 12.3 Å². The Hall–Kier alpha value is -2.40. The summed E-state index contributed by atoms with van der Waals surface area (Å²) in [5, 5.41) is 7.39. The minimum Gasteiger partial charge on any atom is -0.365 e. The van der Waals surface area contributed by atoms with Crippen LogP contribution in [0.25, 0.3) is 0 Å². The Kier molecular flexibility index (Phi) is 4.78. The van der Waals surface area contributed by atoms with Gasteiger partial charge in [0, 0.05) is 13.1 Å². The second-order valence-electron chi connectivity index (χ2n) is 4.77. The zero-order chi connectivity index (χ0) is 16.3. The molecule has 2 heterocycles. The van der Waals surface area contributed by atoms with Gasteiger partial charge in [-0.05, 0) is 30.0 Å². The van der Waals surface area contributed by atoms with Crippen LogP contribution in [0.2, 0.25) is 0 Å². The summed E-state index contributed by atoms with van der Waals surface area (Å²) in [6.45, 7) is 4.79. The number of hydrogen-bond acceptors (Lipinski definition) is 3. The van der Waals surface area contributed by atoms with Gasteiger partial charge in [0.25, 0.3) is 5.91 Å². The quantitative estimate of drug-likeness (QED) is 0.260. The second kappa shape index (κ2) is 6.58. The van der Waals surface area contributed by atoms with Crippen LogP contribution in [-0.2, 0) is 21.1 Å². The van der Waals surface area contributed by atoms with Crippen molar-refractivity contribution >= 4 is 29.1 Å². The van der Waals surface area contributed by atoms with Crippen molar-refractivity contribution in [2.24, 2.45) is 10.8 Å². The highest BCUT2D eigenvalue weighted by Gasteiger charge is 2.34. The SMILES string of the molecule is C#CC1=N/[N+](=[SH]/C2CCN(C(=O)C=C)C2)C(NC)=C1C(N)=O. The van der Waals surface area contributed by atoms with Crippen LogP contribution in [0.5, 0.6) is 0 Å². The maximum atomic E-state index is 11.6. The molecule has 0 radical (unpaired) electrons. The number of primary amides is 1. The van der Waals surface area contributed by atoms with Gasteiger partial charge in [-0.3, -0.25) is 14.9 Å². The van der Waals surface area contributed by atoms with Gasteiger partial charge in [-0.1, -0.05) is 15.7 Å². The summed E-state index contributed by atoms with van der Waals surface area (Å²) >= 11 is 0.841. The largest absolute Gasteiger partial charge is 0.365 e. The normalized spacial score (nSPS) is 22.9. The Morgan fingerprint density at radius 2 is 2.41 bits per heavy atom. The van der Waals surface area contributed by atoms with Gasteiger partial charge < -0.3 is 10.6 Å². The summed E-state index contributed by atoms with van der Waals surface area (Å²) in [5.41, 5.74) is 5.81. The van der Waals surface area contributed by atoms with E-state index in [0.29, 0.717) is 18.9 Å². The lowest BCUT2D eigenvalue weighted by Crippen LogP contribution is -2.28. The smallest absolute Gasteiger partial charge is 0.322 e. The van der Waals surface area contributed by atoms with E-state index in [1.807, 2.05) is 0 Å². The van der Waals surface area contributed by atoms with Crippen molar-refractivity contribution < 1.29 is 13.6 Å². The Labute approximate surface area is 132 Å². The summed E-state index contributed by atoms with van der Waals surface area (Å²) in [4.78, 5) is 24.9. The molecule has 1 fully saturated rings. The molecule has 1 atom stereocenters. The highest BCUT2D eigenvalue weighted by atomic mass is 32.1. The molecule has 1 unspecified atom stereocenters. The molecule has 1 saturated heterocycles. The Morgan fingerprint density at radius 3 is 2.95 bits per heavy atom. The molecule has 22 heavy (non-hydrogen) atoms. The van der Waals surface area contributed by atoms with E-state index in [9.17, 15) is 9.59 Å². The topological polar surface area (TPSA) is 90.8 Å². The molecule has 2 amide bonds. The molecule has 2 rings (SSSR count). The molecule has 0 saturated carbocycles. The minimum atomic E-state index is -0.617. The zero-order valence-corrected chi connectivity index (χ0v) is 13.1. The lowest BCUT2D eigenvalue weighted by atomic mass is 10.1. The summed E-state index contributed by atoms with van der Waals surface area (Å²) < 4.78 is 1.63. The monoisotopic (exact) mass is 320 g/mol. The number of nitrogens with two attached hydrogens (primary N) is 1. The first-order valence-corrected chi connectivity index (χ1v) is 7.63. The van der Waals surface area contributed by atoms with E-state index in [4.69, 9.17) is 12.2 Å². The molecule has 0 aromatic heterocycles. The van der Waals surface area contributed by atoms with Gasteiger partial charge in [-0.25, -0.2) is 0 Å². The predicted molar refractivity (Wildman–Crippen MR) is 85.8 cm³/mol. The molecule has 0 bridgehead atoms. The van der Waals surface area contributed by atoms with Gasteiger partial charge in [0.05, 0.1) is 12.3 Å². The summed E-state index contributed by atoms with van der Waals surface area (Å²) in [7, 11) is 1.68. The first kappa shape index (κ1) is 16.0. The average Bonchev–Trinajstić information content (AvgIpc) is 3.10. The van der Waals surface area contributed by atoms with Crippen LogP contribution in [0.4, 0.5) is 0 Å². The first-order chi connectivity index (χ1) is 10.5. The molecule has 116 valence electrons. The van der Waals surface area contributed by atoms with E-state index in [2.05, 4.69) is 22.9 Å². The van der Waals surface area contributed by atoms with E-state index in [0.717, 1.165) is 18.0 Å². The lowest BCUT2D eigenvalue weighted by molar-refractivity contribution is -0.455. The third-order valence-electron chi connectivity index (χ3n) is 3.41. The maximum Gasteiger partial charge on any atom is 0.322 e. The van der Waals surface area contributed by atoms with Crippen molar-refractivity contribution in [3.05, 3.63) is 24.0 Å². The van der Waals surface area contributed by atoms with Crippen LogP contribution in [-0.4, -0.2) is 51.9 Å². The number of likely N-dealkylation sites (tertiary alicyclic amines) is 1. The molecule has 2 aliphatic rings. The Balaban J connectivity index is 2.28. The van der Waals surface area contributed by atoms with Crippen LogP contribution in [0.3, 0.4) is 0 Å². The van der Waals surface area contributed by atoms with E-state index < -0.39 is 5.91 Å². The number of nitrogens with zero attached hydrogens (tertiary/aromatic N) is 3. The van der Waals surface area contributed by atoms with E-state index in [-0.39, 0.29) is 22.4 Å². The van der Waals surface area contributed by atoms with E-state index >= 15 is 0 Å². The van der Waals surface area contributed by atoms with E-state index in [1.165, 1.54) is 6.08 Å². The van der Waals surface area contributed by atoms with Crippen molar-refractivity contribution in [2.45, 2.75) is 11.7 Å². The van der Waals surface area contributed by atoms with Gasteiger partial charge in [0.15, 0.2) is 11.3 Å². The number of hydrogen-bond donors (Lipinski definition) is 3. The molecule has 8 heteroatoms. The molecule has 3 N–H and O–H groups in total. The third kappa shape index (κ3) is 2.94. The summed E-state index contributed by atoms with van der Waals surface area (Å²) in [6.07, 6.45) is 7.55. The highest BCUT2D eigenvalue weighted by Crippen LogP contribution is 2.17. The second-order valence-corrected chi connectivity index (χ2v) is 6.11. The first-order valence-electron chi connectivity index (χ1n) is 6.71. The lowest BCUT2D eigenvalue weighted by Gasteiger charge is -2.12. The molecular formula is C14H18N5O2S+. The van der Waals surface area contributed by atoms with E-state index in [1.54, 1.807) is 16.0 Å². The van der Waals surface area contributed by atoms with Crippen LogP contribution in [0.15, 0.2) is 29.2 Å². The number of nitrogens with one attached hydrogen (secondary N) is 1. The molecule has 2 aliphatic heterocycles. The van der Waals surface area contributed by atoms with Gasteiger partial charge in [0.1, 0.15) is 0 Å². The molecule has 0 aromatic rings. The molecule has 7 nitrogen and oxygen atoms in total. The number of carbonyl (C=O) groups excluding carboxylic acids is 2. The number of terminal acetylenes is 1. The van der Waals surface area contributed by atoms with Crippen LogP contribution in [0.1, 0.15) is 6.42 Å². The predicted octanol–water partition coefficient (Wildman–Crippen LogP) is -1.30. The number of hydrazone groups is 1. The molecule has 0 aliphatic carbocycles. The number of rotatable bonds is 4. The van der Waals surface area contributed by atoms with Gasteiger partial charge in [-0.2, -0.15) is 0 Å². The standard InChI is InChI=1S/C14H17N5O2S/c1-4-10-12(13(15)21)14(16-3)19(17-10)22-9-6-7-18(8-9)11(20)5-2/h1,5,9,22H,2,6-8H2,3H3,(H2-,15,16,17,21)/p+1. The Morgan fingerprint density at radius 1 is 1.68 bits per heavy atom. The number of carbonyl (C=O) groups is 2. The maximum absolute atomic E-state index is 11.6. The van der Waals surface area contributed by atoms with Crippen molar-refractivity contribution in [1.29, 1.82) is 0 Å². The third-order valence-corrected chi connectivity index (χ3v) is 4.67. The van der Waals surface area contributed by atoms with Gasteiger partial charge >= 0.3 is 5.82 Å². The highest BCUT2D eigenvalue weighted by molar-refractivity contribution is 7.66. The molecule has 0 spiro atoms. The van der Waals surface area contributed by atoms with Crippen molar-refractivity contribution in [3.8, 4) is 12.3 Å². The summed E-state index contributed by atoms with van der Waals surface area (Å²) in [5.74, 6) is 2.18. The van der Waals surface area contributed by atoms with Crippen molar-refractivity contribution in [1.82, 2.24) is 10.2 Å². The summed E-state index contributed by atoms with van der Waals surface area (Å²) in [6, 6.07) is 0. The fourth-order valence-electron chi connectivity index (χ4n) is 2.37. The number of amides is 2. The fraction of sp³-hybridized carbons (Fsp3) is 0.357. The number of thiol groups is 1. The van der Waals surface area contributed by atoms with Gasteiger partial charge in [-0.15, -0.1) is 6.42 Å². The van der Waals surface area contributed by atoms with Crippen LogP contribution < -0.4 is 11.1 Å². The Bertz CT molecular complexity index is 671. The molecular weight excluding hydrogens is 302 g/mol. The fourth-order valence-corrected chi connectivity index (χ4v) is 3.64. The minimum absolute atomic E-state index is 0.0749. The van der Waals surface area contributed by atoms with Gasteiger partial charge in [0.2, 0.25) is 5.91 Å². The molecule has 0 aromatic carbocycles. The van der Waals surface area contributed by atoms with Crippen molar-refractivity contribution in [2.75, 3.05) is 20.1 Å². The van der Waals surface area contributed by atoms with Crippen molar-refractivity contribution in [3.63, 3.8) is 0 Å². The zero-order valence-electron chi connectivity index (χ0n) is 12.2. The van der Waals surface area contributed by atoms with Crippen LogP contribution >= 0.6 is 0 Å². The average molecular weight is 320 g/mol.